The molecule has 0 amide bonds. The van der Waals surface area contributed by atoms with Gasteiger partial charge < -0.3 is 0 Å². The van der Waals surface area contributed by atoms with Gasteiger partial charge >= 0.3 is 0 Å². The van der Waals surface area contributed by atoms with Gasteiger partial charge in [-0.25, -0.2) is 0 Å². The predicted octanol–water partition coefficient (Wildman–Crippen LogP) is 1.05. The van der Waals surface area contributed by atoms with Crippen LogP contribution in [-0.2, 0) is 0 Å². The van der Waals surface area contributed by atoms with E-state index in [1.807, 2.05) is 12.1 Å². The minimum Gasteiger partial charge on any atom is -0.192 e. The Morgan fingerprint density at radius 3 is 1.55 bits per heavy atom. The van der Waals surface area contributed by atoms with Crippen LogP contribution in [0.4, 0.5) is 0 Å². The molecule has 4 radical (unpaired) electrons. The number of rotatable bonds is 0. The molecule has 0 unspecified atom stereocenters. The molecule has 11 heavy (non-hydrogen) atoms. The normalized spacial score (nSPS) is 7.09. The highest BCUT2D eigenvalue weighted by molar-refractivity contribution is 5.75. The van der Waals surface area contributed by atoms with Crippen molar-refractivity contribution < 1.29 is 0 Å². The van der Waals surface area contributed by atoms with E-state index in [4.69, 9.17) is 10.5 Å². The van der Waals surface area contributed by atoms with E-state index in [0.717, 1.165) is 0 Å². The summed E-state index contributed by atoms with van der Waals surface area (Å²) >= 11 is 0. The molecule has 3 heteroatoms. The highest BCUT2D eigenvalue weighted by atomic mass is 28.1. The Labute approximate surface area is 69.7 Å². The Morgan fingerprint density at radius 2 is 1.27 bits per heavy atom. The molecule has 1 aromatic rings. The van der Waals surface area contributed by atoms with Crippen LogP contribution in [0.25, 0.3) is 0 Å². The van der Waals surface area contributed by atoms with Gasteiger partial charge in [0.15, 0.2) is 0 Å². The minimum absolute atomic E-state index is 0. The van der Waals surface area contributed by atoms with Crippen molar-refractivity contribution in [2.75, 3.05) is 0 Å². The number of nitrogens with zero attached hydrogens (tertiary/aromatic N) is 2. The van der Waals surface area contributed by atoms with Gasteiger partial charge in [-0.1, -0.05) is 12.1 Å². The highest BCUT2D eigenvalue weighted by Crippen LogP contribution is 2.03. The van der Waals surface area contributed by atoms with E-state index in [1.54, 1.807) is 24.3 Å². The first-order valence-corrected chi connectivity index (χ1v) is 2.77. The van der Waals surface area contributed by atoms with Crippen LogP contribution in [0.2, 0.25) is 0 Å². The predicted molar refractivity (Wildman–Crippen MR) is 41.6 cm³/mol. The van der Waals surface area contributed by atoms with Crippen LogP contribution in [0.15, 0.2) is 24.3 Å². The van der Waals surface area contributed by atoms with Crippen LogP contribution in [0.3, 0.4) is 0 Å². The molecule has 1 aromatic carbocycles. The van der Waals surface area contributed by atoms with Gasteiger partial charge in [0.2, 0.25) is 0 Å². The summed E-state index contributed by atoms with van der Waals surface area (Å²) in [6.07, 6.45) is 0. The lowest BCUT2D eigenvalue weighted by molar-refractivity contribution is 1.43. The van der Waals surface area contributed by atoms with Crippen LogP contribution in [0.1, 0.15) is 11.1 Å². The smallest absolute Gasteiger partial charge is 0.101 e. The second kappa shape index (κ2) is 4.27. The molecule has 0 aromatic heterocycles. The van der Waals surface area contributed by atoms with Gasteiger partial charge in [-0.15, -0.1) is 0 Å². The molecule has 0 aliphatic heterocycles. The molecule has 0 heterocycles. The Bertz CT molecular complexity index is 287. The van der Waals surface area contributed by atoms with Crippen LogP contribution in [0, 0.1) is 22.7 Å². The van der Waals surface area contributed by atoms with E-state index >= 15 is 0 Å². The van der Waals surface area contributed by atoms with E-state index in [1.165, 1.54) is 0 Å². The van der Waals surface area contributed by atoms with Crippen molar-refractivity contribution in [1.29, 1.82) is 10.5 Å². The molecule has 1 rings (SSSR count). The summed E-state index contributed by atoms with van der Waals surface area (Å²) in [6.45, 7) is 0. The molecule has 2 nitrogen and oxygen atoms in total. The lowest BCUT2D eigenvalue weighted by atomic mass is 10.1. The van der Waals surface area contributed by atoms with Gasteiger partial charge in [0.1, 0.15) is 12.1 Å². The van der Waals surface area contributed by atoms with E-state index in [2.05, 4.69) is 0 Å². The van der Waals surface area contributed by atoms with Crippen molar-refractivity contribution in [3.8, 4) is 12.1 Å². The molecule has 50 valence electrons. The average molecular weight is 156 g/mol. The average Bonchev–Trinajstić information content (AvgIpc) is 2.04. The molecule has 0 aliphatic rings. The Balaban J connectivity index is 0.000001000. The van der Waals surface area contributed by atoms with Crippen LogP contribution < -0.4 is 0 Å². The SMILES string of the molecule is N#Cc1ccccc1C#N.[Si]. The van der Waals surface area contributed by atoms with Gasteiger partial charge in [-0.05, 0) is 12.1 Å². The largest absolute Gasteiger partial charge is 0.192 e. The standard InChI is InChI=1S/C8H4N2.Si/c9-5-7-3-1-2-4-8(7)6-10;/h1-4H;. The number of hydrogen-bond acceptors (Lipinski definition) is 2. The maximum Gasteiger partial charge on any atom is 0.101 e. The number of hydrogen-bond donors (Lipinski definition) is 0. The summed E-state index contributed by atoms with van der Waals surface area (Å²) in [4.78, 5) is 0. The van der Waals surface area contributed by atoms with Crippen molar-refractivity contribution in [3.63, 3.8) is 0 Å². The van der Waals surface area contributed by atoms with Crippen molar-refractivity contribution in [1.82, 2.24) is 0 Å². The number of nitriles is 2. The third kappa shape index (κ3) is 1.93. The molecule has 0 atom stereocenters. The first kappa shape index (κ1) is 9.42. The molecular weight excluding hydrogens is 152 g/mol. The zero-order valence-electron chi connectivity index (χ0n) is 5.70. The molecule has 0 fully saturated rings. The van der Waals surface area contributed by atoms with E-state index < -0.39 is 0 Å². The summed E-state index contributed by atoms with van der Waals surface area (Å²) in [6, 6.07) is 10.6. The quantitative estimate of drug-likeness (QED) is 0.527. The van der Waals surface area contributed by atoms with E-state index in [9.17, 15) is 0 Å². The van der Waals surface area contributed by atoms with Crippen molar-refractivity contribution in [2.45, 2.75) is 0 Å². The minimum atomic E-state index is 0. The molecule has 0 aliphatic carbocycles. The Morgan fingerprint density at radius 1 is 0.909 bits per heavy atom. The second-order valence-electron chi connectivity index (χ2n) is 1.77. The van der Waals surface area contributed by atoms with Crippen molar-refractivity contribution in [2.24, 2.45) is 0 Å². The molecule has 0 bridgehead atoms. The van der Waals surface area contributed by atoms with Gasteiger partial charge in [-0.3, -0.25) is 0 Å². The molecule has 0 spiro atoms. The van der Waals surface area contributed by atoms with E-state index in [-0.39, 0.29) is 11.0 Å². The Hall–Kier alpha value is -1.58. The zero-order valence-corrected chi connectivity index (χ0v) is 6.70. The molecule has 0 saturated heterocycles. The Kier molecular flexibility index (Phi) is 3.65. The third-order valence-electron chi connectivity index (χ3n) is 1.17. The summed E-state index contributed by atoms with van der Waals surface area (Å²) in [5.41, 5.74) is 0.870. The van der Waals surface area contributed by atoms with Crippen LogP contribution >= 0.6 is 0 Å². The van der Waals surface area contributed by atoms with Crippen molar-refractivity contribution in [3.05, 3.63) is 35.4 Å². The van der Waals surface area contributed by atoms with Gasteiger partial charge in [-0.2, -0.15) is 10.5 Å². The van der Waals surface area contributed by atoms with Crippen LogP contribution in [0.5, 0.6) is 0 Å². The third-order valence-corrected chi connectivity index (χ3v) is 1.17. The van der Waals surface area contributed by atoms with E-state index in [0.29, 0.717) is 11.1 Å². The van der Waals surface area contributed by atoms with Gasteiger partial charge in [0.25, 0.3) is 0 Å². The second-order valence-corrected chi connectivity index (χ2v) is 1.77. The van der Waals surface area contributed by atoms with Gasteiger partial charge in [0.05, 0.1) is 11.1 Å². The monoisotopic (exact) mass is 156 g/mol. The van der Waals surface area contributed by atoms with Crippen LogP contribution in [-0.4, -0.2) is 11.0 Å². The highest BCUT2D eigenvalue weighted by Gasteiger charge is 1.95. The maximum atomic E-state index is 8.45. The lowest BCUT2D eigenvalue weighted by Gasteiger charge is -1.88. The first-order chi connectivity index (χ1) is 4.88. The maximum absolute atomic E-state index is 8.45. The summed E-state index contributed by atoms with van der Waals surface area (Å²) < 4.78 is 0. The topological polar surface area (TPSA) is 47.6 Å². The fraction of sp³-hybridized carbons (Fsp3) is 0. The summed E-state index contributed by atoms with van der Waals surface area (Å²) in [5, 5.41) is 16.9. The summed E-state index contributed by atoms with van der Waals surface area (Å²) in [7, 11) is 0. The fourth-order valence-corrected chi connectivity index (χ4v) is 0.678. The number of benzene rings is 1. The lowest BCUT2D eigenvalue weighted by Crippen LogP contribution is -1.79. The fourth-order valence-electron chi connectivity index (χ4n) is 0.678. The zero-order chi connectivity index (χ0) is 7.40. The van der Waals surface area contributed by atoms with Crippen molar-refractivity contribution >= 4 is 11.0 Å². The molecule has 0 N–H and O–H groups in total. The first-order valence-electron chi connectivity index (χ1n) is 2.77. The van der Waals surface area contributed by atoms with Gasteiger partial charge in [0, 0.05) is 11.0 Å². The molecular formula is C8H4N2Si. The summed E-state index contributed by atoms with van der Waals surface area (Å²) in [5.74, 6) is 0. The molecule has 0 saturated carbocycles.